The van der Waals surface area contributed by atoms with Gasteiger partial charge in [0, 0.05) is 12.6 Å². The Morgan fingerprint density at radius 3 is 2.60 bits per heavy atom. The molecule has 0 spiro atoms. The lowest BCUT2D eigenvalue weighted by Crippen LogP contribution is -2.29. The number of rotatable bonds is 5. The molecule has 0 saturated carbocycles. The molecule has 6 nitrogen and oxygen atoms in total. The van der Waals surface area contributed by atoms with Crippen LogP contribution < -0.4 is 15.4 Å². The Morgan fingerprint density at radius 1 is 1.35 bits per heavy atom. The molecule has 108 valence electrons. The third kappa shape index (κ3) is 4.64. The van der Waals surface area contributed by atoms with E-state index in [1.165, 1.54) is 25.3 Å². The van der Waals surface area contributed by atoms with Gasteiger partial charge in [0.15, 0.2) is 0 Å². The molecule has 1 rings (SSSR count). The van der Waals surface area contributed by atoms with Crippen molar-refractivity contribution in [3.63, 3.8) is 0 Å². The number of carbonyl (C=O) groups excluding carboxylic acids is 1. The summed E-state index contributed by atoms with van der Waals surface area (Å²) in [6.45, 7) is 4.22. The number of allylic oxidation sites excluding steroid dienone is 1. The predicted octanol–water partition coefficient (Wildman–Crippen LogP) is 2.48. The topological polar surface area (TPSA) is 87.7 Å². The lowest BCUT2D eigenvalue weighted by Gasteiger charge is -2.10. The van der Waals surface area contributed by atoms with E-state index in [0.29, 0.717) is 12.3 Å². The molecular formula is C14H18N2O4. The van der Waals surface area contributed by atoms with Gasteiger partial charge in [0.05, 0.1) is 18.4 Å². The number of nitrogens with one attached hydrogen (secondary N) is 2. The molecule has 0 atom stereocenters. The van der Waals surface area contributed by atoms with Gasteiger partial charge < -0.3 is 20.5 Å². The number of amides is 2. The van der Waals surface area contributed by atoms with E-state index in [2.05, 4.69) is 10.6 Å². The molecular weight excluding hydrogens is 260 g/mol. The zero-order valence-corrected chi connectivity index (χ0v) is 11.7. The minimum Gasteiger partial charge on any atom is -0.497 e. The third-order valence-corrected chi connectivity index (χ3v) is 2.48. The van der Waals surface area contributed by atoms with Gasteiger partial charge in [0.2, 0.25) is 0 Å². The van der Waals surface area contributed by atoms with Crippen LogP contribution >= 0.6 is 0 Å². The first-order valence-corrected chi connectivity index (χ1v) is 6.03. The fourth-order valence-electron chi connectivity index (χ4n) is 1.45. The van der Waals surface area contributed by atoms with Gasteiger partial charge in [0.1, 0.15) is 5.75 Å². The second-order valence-electron chi connectivity index (χ2n) is 4.33. The van der Waals surface area contributed by atoms with Crippen LogP contribution in [0.25, 0.3) is 0 Å². The molecule has 3 N–H and O–H groups in total. The highest BCUT2D eigenvalue weighted by Crippen LogP contribution is 2.22. The first kappa shape index (κ1) is 15.6. The third-order valence-electron chi connectivity index (χ3n) is 2.48. The van der Waals surface area contributed by atoms with E-state index in [1.54, 1.807) is 0 Å². The number of urea groups is 1. The smallest absolute Gasteiger partial charge is 0.337 e. The molecule has 0 heterocycles. The highest BCUT2D eigenvalue weighted by molar-refractivity contribution is 6.00. The Hall–Kier alpha value is -2.50. The summed E-state index contributed by atoms with van der Waals surface area (Å²) in [4.78, 5) is 22.8. The van der Waals surface area contributed by atoms with Crippen LogP contribution in [-0.4, -0.2) is 30.8 Å². The predicted molar refractivity (Wildman–Crippen MR) is 76.4 cm³/mol. The monoisotopic (exact) mass is 278 g/mol. The number of benzene rings is 1. The summed E-state index contributed by atoms with van der Waals surface area (Å²) >= 11 is 0. The van der Waals surface area contributed by atoms with Crippen molar-refractivity contribution in [2.24, 2.45) is 0 Å². The number of aromatic carboxylic acids is 1. The molecule has 0 saturated heterocycles. The molecule has 0 aliphatic carbocycles. The average Bonchev–Trinajstić information content (AvgIpc) is 2.37. The van der Waals surface area contributed by atoms with Gasteiger partial charge in [0.25, 0.3) is 0 Å². The lowest BCUT2D eigenvalue weighted by atomic mass is 10.1. The fourth-order valence-corrected chi connectivity index (χ4v) is 1.45. The van der Waals surface area contributed by atoms with Gasteiger partial charge in [-0.05, 0) is 26.0 Å². The molecule has 6 heteroatoms. The zero-order valence-electron chi connectivity index (χ0n) is 11.7. The number of hydrogen-bond donors (Lipinski definition) is 3. The average molecular weight is 278 g/mol. The van der Waals surface area contributed by atoms with Crippen molar-refractivity contribution in [2.75, 3.05) is 19.0 Å². The van der Waals surface area contributed by atoms with Crippen LogP contribution in [-0.2, 0) is 0 Å². The van der Waals surface area contributed by atoms with Crippen molar-refractivity contribution < 1.29 is 19.4 Å². The maximum Gasteiger partial charge on any atom is 0.337 e. The Kier molecular flexibility index (Phi) is 5.58. The largest absolute Gasteiger partial charge is 0.497 e. The molecule has 0 unspecified atom stereocenters. The van der Waals surface area contributed by atoms with Crippen LogP contribution in [0, 0.1) is 0 Å². The molecule has 0 aromatic heterocycles. The van der Waals surface area contributed by atoms with E-state index in [1.807, 2.05) is 19.9 Å². The van der Waals surface area contributed by atoms with Gasteiger partial charge in [-0.3, -0.25) is 0 Å². The lowest BCUT2D eigenvalue weighted by molar-refractivity contribution is 0.0698. The highest BCUT2D eigenvalue weighted by Gasteiger charge is 2.13. The van der Waals surface area contributed by atoms with Gasteiger partial charge in [-0.15, -0.1) is 0 Å². The second-order valence-corrected chi connectivity index (χ2v) is 4.33. The number of ether oxygens (including phenoxy) is 1. The minimum atomic E-state index is -1.12. The summed E-state index contributed by atoms with van der Waals surface area (Å²) in [7, 11) is 1.47. The van der Waals surface area contributed by atoms with Gasteiger partial charge in [-0.1, -0.05) is 11.6 Å². The number of hydrogen-bond acceptors (Lipinski definition) is 3. The normalized spacial score (nSPS) is 9.55. The molecule has 2 amide bonds. The van der Waals surface area contributed by atoms with Gasteiger partial charge in [-0.2, -0.15) is 0 Å². The van der Waals surface area contributed by atoms with Crippen LogP contribution in [0.2, 0.25) is 0 Å². The Labute approximate surface area is 117 Å². The van der Waals surface area contributed by atoms with Crippen LogP contribution in [0.1, 0.15) is 24.2 Å². The first-order valence-electron chi connectivity index (χ1n) is 6.03. The molecule has 20 heavy (non-hydrogen) atoms. The second kappa shape index (κ2) is 7.18. The zero-order chi connectivity index (χ0) is 15.1. The van der Waals surface area contributed by atoms with Crippen LogP contribution in [0.5, 0.6) is 5.75 Å². The quantitative estimate of drug-likeness (QED) is 0.722. The Balaban J connectivity index is 2.81. The van der Waals surface area contributed by atoms with E-state index >= 15 is 0 Å². The van der Waals surface area contributed by atoms with Crippen molar-refractivity contribution in [1.82, 2.24) is 5.32 Å². The summed E-state index contributed by atoms with van der Waals surface area (Å²) in [5.41, 5.74) is 1.27. The van der Waals surface area contributed by atoms with Crippen molar-refractivity contribution in [3.05, 3.63) is 35.4 Å². The standard InChI is InChI=1S/C14H18N2O4/c1-9(2)6-7-15-14(19)16-12-8-10(20-3)4-5-11(12)13(17)18/h4-6,8H,7H2,1-3H3,(H,17,18)(H2,15,16,19). The van der Waals surface area contributed by atoms with E-state index in [9.17, 15) is 9.59 Å². The summed E-state index contributed by atoms with van der Waals surface area (Å²) in [6, 6.07) is 3.89. The number of anilines is 1. The maximum atomic E-state index is 11.7. The molecule has 1 aromatic rings. The summed E-state index contributed by atoms with van der Waals surface area (Å²) in [5.74, 6) is -0.651. The number of carbonyl (C=O) groups is 2. The first-order chi connectivity index (χ1) is 9.43. The van der Waals surface area contributed by atoms with Crippen molar-refractivity contribution >= 4 is 17.7 Å². The summed E-state index contributed by atoms with van der Waals surface area (Å²) < 4.78 is 5.01. The van der Waals surface area contributed by atoms with Crippen LogP contribution in [0.4, 0.5) is 10.5 Å². The highest BCUT2D eigenvalue weighted by atomic mass is 16.5. The minimum absolute atomic E-state index is 0.00293. The fraction of sp³-hybridized carbons (Fsp3) is 0.286. The SMILES string of the molecule is COc1ccc(C(=O)O)c(NC(=O)NCC=C(C)C)c1. The van der Waals surface area contributed by atoms with Crippen molar-refractivity contribution in [1.29, 1.82) is 0 Å². The molecule has 0 fully saturated rings. The number of carboxylic acid groups (broad SMARTS) is 1. The van der Waals surface area contributed by atoms with E-state index in [0.717, 1.165) is 5.57 Å². The van der Waals surface area contributed by atoms with Crippen LogP contribution in [0.3, 0.4) is 0 Å². The van der Waals surface area contributed by atoms with E-state index < -0.39 is 12.0 Å². The summed E-state index contributed by atoms with van der Waals surface area (Å²) in [6.07, 6.45) is 1.85. The van der Waals surface area contributed by atoms with Gasteiger partial charge in [-0.25, -0.2) is 9.59 Å². The Morgan fingerprint density at radius 2 is 2.05 bits per heavy atom. The van der Waals surface area contributed by atoms with E-state index in [4.69, 9.17) is 9.84 Å². The molecule has 0 aliphatic rings. The number of carboxylic acids is 1. The maximum absolute atomic E-state index is 11.7. The van der Waals surface area contributed by atoms with Crippen molar-refractivity contribution in [3.8, 4) is 5.75 Å². The van der Waals surface area contributed by atoms with Crippen LogP contribution in [0.15, 0.2) is 29.8 Å². The Bertz CT molecular complexity index is 534. The molecule has 1 aromatic carbocycles. The molecule has 0 bridgehead atoms. The molecule has 0 aliphatic heterocycles. The van der Waals surface area contributed by atoms with Crippen molar-refractivity contribution in [2.45, 2.75) is 13.8 Å². The number of methoxy groups -OCH3 is 1. The molecule has 0 radical (unpaired) electrons. The van der Waals surface area contributed by atoms with E-state index in [-0.39, 0.29) is 11.3 Å². The van der Waals surface area contributed by atoms with Gasteiger partial charge >= 0.3 is 12.0 Å². The summed E-state index contributed by atoms with van der Waals surface area (Å²) in [5, 5.41) is 14.2.